The van der Waals surface area contributed by atoms with Crippen LogP contribution in [0, 0.1) is 17.0 Å². The molecule has 0 radical (unpaired) electrons. The van der Waals surface area contributed by atoms with E-state index in [2.05, 4.69) is 5.32 Å². The van der Waals surface area contributed by atoms with Crippen molar-refractivity contribution in [3.8, 4) is 0 Å². The van der Waals surface area contributed by atoms with Crippen molar-refractivity contribution in [1.29, 1.82) is 0 Å². The second kappa shape index (κ2) is 8.76. The van der Waals surface area contributed by atoms with Gasteiger partial charge in [0.2, 0.25) is 11.8 Å². The van der Waals surface area contributed by atoms with Crippen molar-refractivity contribution in [3.63, 3.8) is 0 Å². The molecule has 0 spiro atoms. The Balaban J connectivity index is 2.51. The minimum Gasteiger partial charge on any atom is -0.356 e. The minimum atomic E-state index is -0.654. The van der Waals surface area contributed by atoms with Crippen molar-refractivity contribution in [2.45, 2.75) is 47.1 Å². The summed E-state index contributed by atoms with van der Waals surface area (Å²) in [5, 5.41) is 2.77. The molecule has 4 nitrogen and oxygen atoms in total. The quantitative estimate of drug-likeness (QED) is 0.775. The van der Waals surface area contributed by atoms with Crippen LogP contribution in [-0.4, -0.2) is 29.8 Å². The summed E-state index contributed by atoms with van der Waals surface area (Å²) in [6, 6.07) is 3.65. The second-order valence-corrected chi connectivity index (χ2v) is 6.72. The smallest absolute Gasteiger partial charge is 0.225 e. The Morgan fingerprint density at radius 2 is 1.75 bits per heavy atom. The number of rotatable bonds is 7. The molecule has 24 heavy (non-hydrogen) atoms. The molecule has 0 aliphatic rings. The number of nitrogens with one attached hydrogen (secondary N) is 1. The van der Waals surface area contributed by atoms with E-state index in [1.165, 1.54) is 23.1 Å². The van der Waals surface area contributed by atoms with Gasteiger partial charge in [0.05, 0.1) is 6.54 Å². The van der Waals surface area contributed by atoms with E-state index in [4.69, 9.17) is 0 Å². The molecule has 1 aromatic carbocycles. The number of nitrogens with zero attached hydrogens (tertiary/aromatic N) is 1. The normalized spacial score (nSPS) is 11.2. The topological polar surface area (TPSA) is 49.4 Å². The first kappa shape index (κ1) is 20.1. The maximum Gasteiger partial charge on any atom is 0.225 e. The van der Waals surface area contributed by atoms with Crippen LogP contribution in [-0.2, 0) is 16.1 Å². The van der Waals surface area contributed by atoms with Crippen LogP contribution < -0.4 is 5.32 Å². The molecule has 0 heterocycles. The Hall–Kier alpha value is -1.98. The van der Waals surface area contributed by atoms with Gasteiger partial charge in [0.15, 0.2) is 0 Å². The largest absolute Gasteiger partial charge is 0.356 e. The number of amides is 2. The van der Waals surface area contributed by atoms with Gasteiger partial charge >= 0.3 is 0 Å². The molecule has 1 rings (SSSR count). The Bertz CT molecular complexity index is 563. The lowest BCUT2D eigenvalue weighted by molar-refractivity contribution is -0.132. The highest BCUT2D eigenvalue weighted by molar-refractivity contribution is 5.81. The predicted octanol–water partition coefficient (Wildman–Crippen LogP) is 3.26. The van der Waals surface area contributed by atoms with E-state index in [9.17, 15) is 18.4 Å². The number of carbonyl (C=O) groups is 2. The van der Waals surface area contributed by atoms with E-state index in [1.807, 2.05) is 20.8 Å². The zero-order valence-electron chi connectivity index (χ0n) is 14.8. The van der Waals surface area contributed by atoms with Crippen LogP contribution in [0.2, 0.25) is 0 Å². The van der Waals surface area contributed by atoms with Crippen molar-refractivity contribution >= 4 is 11.8 Å². The molecule has 2 amide bonds. The van der Waals surface area contributed by atoms with E-state index >= 15 is 0 Å². The van der Waals surface area contributed by atoms with Crippen LogP contribution in [0.5, 0.6) is 0 Å². The molecule has 0 aromatic heterocycles. The monoisotopic (exact) mass is 340 g/mol. The number of benzene rings is 1. The summed E-state index contributed by atoms with van der Waals surface area (Å²) in [5.41, 5.74) is -0.573. The summed E-state index contributed by atoms with van der Waals surface area (Å²) in [5.74, 6) is -1.57. The van der Waals surface area contributed by atoms with Gasteiger partial charge in [0.1, 0.15) is 11.6 Å². The van der Waals surface area contributed by atoms with Gasteiger partial charge in [-0.25, -0.2) is 8.78 Å². The maximum atomic E-state index is 13.7. The van der Waals surface area contributed by atoms with Gasteiger partial charge in [-0.15, -0.1) is 0 Å². The molecular formula is C18H26F2N2O2. The fourth-order valence-corrected chi connectivity index (χ4v) is 2.12. The highest BCUT2D eigenvalue weighted by Gasteiger charge is 2.21. The van der Waals surface area contributed by atoms with Gasteiger partial charge in [-0.05, 0) is 25.5 Å². The summed E-state index contributed by atoms with van der Waals surface area (Å²) in [6.45, 7) is 7.87. The minimum absolute atomic E-state index is 0.0734. The van der Waals surface area contributed by atoms with E-state index in [1.54, 1.807) is 6.92 Å². The number of carbonyl (C=O) groups excluding carboxylic acids is 2. The lowest BCUT2D eigenvalue weighted by Crippen LogP contribution is -2.36. The van der Waals surface area contributed by atoms with Crippen molar-refractivity contribution < 1.29 is 18.4 Å². The molecule has 134 valence electrons. The van der Waals surface area contributed by atoms with Gasteiger partial charge in [0, 0.05) is 30.5 Å². The fourth-order valence-electron chi connectivity index (χ4n) is 2.12. The highest BCUT2D eigenvalue weighted by Crippen LogP contribution is 2.16. The van der Waals surface area contributed by atoms with Gasteiger partial charge < -0.3 is 10.2 Å². The molecule has 0 unspecified atom stereocenters. The number of halogens is 2. The summed E-state index contributed by atoms with van der Waals surface area (Å²) in [7, 11) is 0. The summed E-state index contributed by atoms with van der Waals surface area (Å²) >= 11 is 0. The van der Waals surface area contributed by atoms with Crippen LogP contribution in [0.3, 0.4) is 0 Å². The van der Waals surface area contributed by atoms with Crippen LogP contribution in [0.25, 0.3) is 0 Å². The van der Waals surface area contributed by atoms with Crippen molar-refractivity contribution in [2.75, 3.05) is 13.1 Å². The van der Waals surface area contributed by atoms with Crippen molar-refractivity contribution in [2.24, 2.45) is 5.41 Å². The average Bonchev–Trinajstić information content (AvgIpc) is 2.50. The van der Waals surface area contributed by atoms with Crippen molar-refractivity contribution in [3.05, 3.63) is 35.4 Å². The second-order valence-electron chi connectivity index (χ2n) is 6.72. The SMILES string of the molecule is CCN(Cc1c(F)cccc1F)C(=O)CCCNC(=O)C(C)(C)C. The maximum absolute atomic E-state index is 13.7. The molecular weight excluding hydrogens is 314 g/mol. The Morgan fingerprint density at radius 1 is 1.17 bits per heavy atom. The summed E-state index contributed by atoms with van der Waals surface area (Å²) in [4.78, 5) is 25.3. The van der Waals surface area contributed by atoms with E-state index < -0.39 is 17.0 Å². The number of hydrogen-bond acceptors (Lipinski definition) is 2. The van der Waals surface area contributed by atoms with Crippen LogP contribution in [0.1, 0.15) is 46.1 Å². The number of hydrogen-bond donors (Lipinski definition) is 1. The molecule has 1 N–H and O–H groups in total. The molecule has 0 saturated heterocycles. The first-order valence-corrected chi connectivity index (χ1v) is 8.15. The van der Waals surface area contributed by atoms with Gasteiger partial charge in [0.25, 0.3) is 0 Å². The summed E-state index contributed by atoms with van der Waals surface area (Å²) < 4.78 is 27.4. The molecule has 6 heteroatoms. The molecule has 0 atom stereocenters. The Morgan fingerprint density at radius 3 is 2.25 bits per heavy atom. The summed E-state index contributed by atoms with van der Waals surface area (Å²) in [6.07, 6.45) is 0.700. The average molecular weight is 340 g/mol. The molecule has 0 bridgehead atoms. The lowest BCUT2D eigenvalue weighted by atomic mass is 9.96. The van der Waals surface area contributed by atoms with Crippen LogP contribution in [0.15, 0.2) is 18.2 Å². The standard InChI is InChI=1S/C18H26F2N2O2/c1-5-22(12-13-14(19)8-6-9-15(13)20)16(23)10-7-11-21-17(24)18(2,3)4/h6,8-9H,5,7,10-12H2,1-4H3,(H,21,24). The predicted molar refractivity (Wildman–Crippen MR) is 89.1 cm³/mol. The molecule has 0 aliphatic carbocycles. The zero-order chi connectivity index (χ0) is 18.3. The van der Waals surface area contributed by atoms with Gasteiger partial charge in [-0.3, -0.25) is 9.59 Å². The fraction of sp³-hybridized carbons (Fsp3) is 0.556. The van der Waals surface area contributed by atoms with Crippen LogP contribution in [0.4, 0.5) is 8.78 Å². The van der Waals surface area contributed by atoms with Crippen LogP contribution >= 0.6 is 0 Å². The molecule has 0 saturated carbocycles. The van der Waals surface area contributed by atoms with E-state index in [-0.39, 0.29) is 30.3 Å². The zero-order valence-corrected chi connectivity index (χ0v) is 14.8. The Labute approximate surface area is 142 Å². The lowest BCUT2D eigenvalue weighted by Gasteiger charge is -2.22. The van der Waals surface area contributed by atoms with E-state index in [0.717, 1.165) is 0 Å². The Kier molecular flexibility index (Phi) is 7.32. The van der Waals surface area contributed by atoms with Gasteiger partial charge in [-0.1, -0.05) is 26.8 Å². The highest BCUT2D eigenvalue weighted by atomic mass is 19.1. The first-order valence-electron chi connectivity index (χ1n) is 8.15. The third-order valence-corrected chi connectivity index (χ3v) is 3.68. The van der Waals surface area contributed by atoms with Crippen molar-refractivity contribution in [1.82, 2.24) is 10.2 Å². The molecule has 1 aromatic rings. The molecule has 0 fully saturated rings. The van der Waals surface area contributed by atoms with E-state index in [0.29, 0.717) is 19.5 Å². The third-order valence-electron chi connectivity index (χ3n) is 3.68. The van der Waals surface area contributed by atoms with Gasteiger partial charge in [-0.2, -0.15) is 0 Å². The molecule has 0 aliphatic heterocycles. The first-order chi connectivity index (χ1) is 11.2. The third kappa shape index (κ3) is 5.91.